The number of nitrogens with zero attached hydrogens (tertiary/aromatic N) is 3. The first-order valence-electron chi connectivity index (χ1n) is 8.68. The number of aromatic nitrogens is 2. The fraction of sp³-hybridized carbons (Fsp3) is 0.526. The van der Waals surface area contributed by atoms with Crippen molar-refractivity contribution in [1.82, 2.24) is 14.7 Å². The summed E-state index contributed by atoms with van der Waals surface area (Å²) in [6.45, 7) is 7.01. The molecule has 1 aliphatic rings. The smallest absolute Gasteiger partial charge is 0.268 e. The predicted octanol–water partition coefficient (Wildman–Crippen LogP) is 3.85. The molecule has 2 heterocycles. The molecule has 0 saturated heterocycles. The van der Waals surface area contributed by atoms with Gasteiger partial charge in [-0.3, -0.25) is 4.68 Å². The fourth-order valence-corrected chi connectivity index (χ4v) is 3.41. The highest BCUT2D eigenvalue weighted by Crippen LogP contribution is 2.29. The van der Waals surface area contributed by atoms with Crippen molar-refractivity contribution in [1.29, 1.82) is 0 Å². The highest BCUT2D eigenvalue weighted by atomic mass is 19.3. The molecular weight excluding hydrogens is 324 g/mol. The molecule has 1 aliphatic heterocycles. The van der Waals surface area contributed by atoms with E-state index in [-0.39, 0.29) is 19.6 Å². The van der Waals surface area contributed by atoms with Crippen LogP contribution in [-0.4, -0.2) is 32.3 Å². The van der Waals surface area contributed by atoms with Crippen LogP contribution in [0.2, 0.25) is 0 Å². The van der Waals surface area contributed by atoms with E-state index in [0.717, 1.165) is 34.3 Å². The third kappa shape index (κ3) is 3.68. The third-order valence-corrected chi connectivity index (χ3v) is 4.58. The van der Waals surface area contributed by atoms with Gasteiger partial charge in [0.1, 0.15) is 0 Å². The Bertz CT molecular complexity index is 796. The minimum atomic E-state index is -2.69. The Morgan fingerprint density at radius 1 is 1.32 bits per heavy atom. The summed E-state index contributed by atoms with van der Waals surface area (Å²) in [5, 5.41) is 15.2. The van der Waals surface area contributed by atoms with Crippen LogP contribution in [0.3, 0.4) is 0 Å². The second kappa shape index (κ2) is 6.75. The van der Waals surface area contributed by atoms with Crippen LogP contribution in [0.25, 0.3) is 10.9 Å². The number of hydrogen-bond donors (Lipinski definition) is 1. The Hall–Kier alpha value is -1.95. The van der Waals surface area contributed by atoms with Crippen LogP contribution in [-0.2, 0) is 19.7 Å². The van der Waals surface area contributed by atoms with Crippen molar-refractivity contribution in [3.05, 3.63) is 41.2 Å². The molecule has 0 fully saturated rings. The van der Waals surface area contributed by atoms with E-state index in [1.807, 2.05) is 23.7 Å². The zero-order valence-electron chi connectivity index (χ0n) is 15.0. The largest absolute Gasteiger partial charge is 0.392 e. The standard InChI is InChI=1S/C19H25F2N3O/c1-13(2)9-24-18-14(3)15(11-25)5-6-16(18)17(22-24)10-23-8-4-7-19(20,21)12-23/h4-6,8,13,25H,7,9-12H2,1-3H3. The number of aliphatic hydroxyl groups is 1. The summed E-state index contributed by atoms with van der Waals surface area (Å²) in [6, 6.07) is 3.84. The lowest BCUT2D eigenvalue weighted by Crippen LogP contribution is -2.36. The monoisotopic (exact) mass is 349 g/mol. The number of alkyl halides is 2. The quantitative estimate of drug-likeness (QED) is 0.891. The van der Waals surface area contributed by atoms with Gasteiger partial charge in [-0.15, -0.1) is 0 Å². The summed E-state index contributed by atoms with van der Waals surface area (Å²) in [6.07, 6.45) is 3.05. The molecule has 0 unspecified atom stereocenters. The molecule has 25 heavy (non-hydrogen) atoms. The van der Waals surface area contributed by atoms with Crippen LogP contribution in [0.1, 0.15) is 37.1 Å². The number of benzene rings is 1. The second-order valence-corrected chi connectivity index (χ2v) is 7.28. The van der Waals surface area contributed by atoms with Gasteiger partial charge in [-0.1, -0.05) is 32.1 Å². The van der Waals surface area contributed by atoms with Gasteiger partial charge in [0.25, 0.3) is 5.92 Å². The molecule has 0 spiro atoms. The van der Waals surface area contributed by atoms with E-state index in [1.165, 1.54) is 6.08 Å². The van der Waals surface area contributed by atoms with Gasteiger partial charge in [-0.25, -0.2) is 8.78 Å². The summed E-state index contributed by atoms with van der Waals surface area (Å²) in [5.41, 5.74) is 3.65. The van der Waals surface area contributed by atoms with E-state index >= 15 is 0 Å². The Morgan fingerprint density at radius 3 is 2.72 bits per heavy atom. The number of hydrogen-bond acceptors (Lipinski definition) is 3. The average molecular weight is 349 g/mol. The van der Waals surface area contributed by atoms with Gasteiger partial charge in [-0.05, 0) is 30.2 Å². The molecule has 6 heteroatoms. The number of aliphatic hydroxyl groups excluding tert-OH is 1. The van der Waals surface area contributed by atoms with Crippen LogP contribution in [0.15, 0.2) is 24.4 Å². The molecule has 0 bridgehead atoms. The number of rotatable bonds is 5. The summed E-state index contributed by atoms with van der Waals surface area (Å²) in [4.78, 5) is 1.63. The first-order chi connectivity index (χ1) is 11.8. The lowest BCUT2D eigenvalue weighted by atomic mass is 10.0. The van der Waals surface area contributed by atoms with Crippen LogP contribution < -0.4 is 0 Å². The van der Waals surface area contributed by atoms with Gasteiger partial charge in [0.2, 0.25) is 0 Å². The maximum atomic E-state index is 13.7. The third-order valence-electron chi connectivity index (χ3n) is 4.58. The van der Waals surface area contributed by atoms with Crippen LogP contribution in [0, 0.1) is 12.8 Å². The number of halogens is 2. The zero-order valence-corrected chi connectivity index (χ0v) is 15.0. The molecule has 2 aromatic rings. The number of aryl methyl sites for hydroxylation is 1. The van der Waals surface area contributed by atoms with Gasteiger partial charge < -0.3 is 10.0 Å². The van der Waals surface area contributed by atoms with Gasteiger partial charge in [-0.2, -0.15) is 5.10 Å². The molecule has 0 atom stereocenters. The molecule has 3 rings (SSSR count). The van der Waals surface area contributed by atoms with E-state index in [4.69, 9.17) is 5.10 Å². The second-order valence-electron chi connectivity index (χ2n) is 7.28. The molecular formula is C19H25F2N3O. The van der Waals surface area contributed by atoms with E-state index < -0.39 is 5.92 Å². The first-order valence-corrected chi connectivity index (χ1v) is 8.68. The normalized spacial score (nSPS) is 17.0. The van der Waals surface area contributed by atoms with Gasteiger partial charge in [0.15, 0.2) is 0 Å². The molecule has 0 amide bonds. The molecule has 0 radical (unpaired) electrons. The van der Waals surface area contributed by atoms with Gasteiger partial charge in [0, 0.05) is 18.4 Å². The predicted molar refractivity (Wildman–Crippen MR) is 94.3 cm³/mol. The van der Waals surface area contributed by atoms with E-state index in [1.54, 1.807) is 11.1 Å². The molecule has 0 aliphatic carbocycles. The number of allylic oxidation sites excluding steroid dienone is 1. The fourth-order valence-electron chi connectivity index (χ4n) is 3.41. The van der Waals surface area contributed by atoms with E-state index in [9.17, 15) is 13.9 Å². The SMILES string of the molecule is Cc1c(CO)ccc2c(CN3C=CCC(F)(F)C3)nn(CC(C)C)c12. The number of fused-ring (bicyclic) bond motifs is 1. The highest BCUT2D eigenvalue weighted by Gasteiger charge is 2.32. The molecule has 136 valence electrons. The maximum absolute atomic E-state index is 13.7. The lowest BCUT2D eigenvalue weighted by Gasteiger charge is -2.28. The van der Waals surface area contributed by atoms with Crippen LogP contribution in [0.5, 0.6) is 0 Å². The summed E-state index contributed by atoms with van der Waals surface area (Å²) in [7, 11) is 0. The van der Waals surface area contributed by atoms with Crippen molar-refractivity contribution < 1.29 is 13.9 Å². The average Bonchev–Trinajstić information content (AvgIpc) is 2.84. The van der Waals surface area contributed by atoms with Crippen molar-refractivity contribution >= 4 is 10.9 Å². The minimum Gasteiger partial charge on any atom is -0.392 e. The van der Waals surface area contributed by atoms with Crippen molar-refractivity contribution in [2.45, 2.75) is 52.8 Å². The first kappa shape index (κ1) is 17.9. The van der Waals surface area contributed by atoms with Crippen LogP contribution >= 0.6 is 0 Å². The molecule has 1 aromatic carbocycles. The Morgan fingerprint density at radius 2 is 2.08 bits per heavy atom. The zero-order chi connectivity index (χ0) is 18.2. The highest BCUT2D eigenvalue weighted by molar-refractivity contribution is 5.86. The van der Waals surface area contributed by atoms with Crippen molar-refractivity contribution in [3.8, 4) is 0 Å². The maximum Gasteiger partial charge on any atom is 0.268 e. The van der Waals surface area contributed by atoms with Crippen molar-refractivity contribution in [2.75, 3.05) is 6.54 Å². The Labute approximate surface area is 146 Å². The Balaban J connectivity index is 2.02. The van der Waals surface area contributed by atoms with E-state index in [2.05, 4.69) is 13.8 Å². The molecule has 0 saturated carbocycles. The van der Waals surface area contributed by atoms with Gasteiger partial charge in [0.05, 0.1) is 30.9 Å². The topological polar surface area (TPSA) is 41.3 Å². The summed E-state index contributed by atoms with van der Waals surface area (Å²) in [5.74, 6) is -2.28. The molecule has 1 aromatic heterocycles. The van der Waals surface area contributed by atoms with Crippen LogP contribution in [0.4, 0.5) is 8.78 Å². The lowest BCUT2D eigenvalue weighted by molar-refractivity contribution is -0.0281. The molecule has 1 N–H and O–H groups in total. The minimum absolute atomic E-state index is 0.0228. The van der Waals surface area contributed by atoms with Crippen molar-refractivity contribution in [3.63, 3.8) is 0 Å². The summed E-state index contributed by atoms with van der Waals surface area (Å²) < 4.78 is 29.3. The van der Waals surface area contributed by atoms with E-state index in [0.29, 0.717) is 12.5 Å². The summed E-state index contributed by atoms with van der Waals surface area (Å²) >= 11 is 0. The Kier molecular flexibility index (Phi) is 4.82. The van der Waals surface area contributed by atoms with Gasteiger partial charge >= 0.3 is 0 Å². The van der Waals surface area contributed by atoms with Crippen molar-refractivity contribution in [2.24, 2.45) is 5.92 Å². The molecule has 4 nitrogen and oxygen atoms in total.